The molecule has 1 saturated carbocycles. The molecule has 7 heteroatoms. The summed E-state index contributed by atoms with van der Waals surface area (Å²) in [5, 5.41) is 14.6. The number of halogens is 1. The Morgan fingerprint density at radius 3 is 2.58 bits per heavy atom. The number of carbonyl (C=O) groups excluding carboxylic acids is 1. The van der Waals surface area contributed by atoms with Crippen molar-refractivity contribution in [2.45, 2.75) is 38.1 Å². The van der Waals surface area contributed by atoms with Crippen molar-refractivity contribution in [1.82, 2.24) is 10.3 Å². The van der Waals surface area contributed by atoms with E-state index >= 15 is 0 Å². The molecule has 0 bridgehead atoms. The molecule has 5 nitrogen and oxygen atoms in total. The van der Waals surface area contributed by atoms with Crippen LogP contribution in [0.4, 0.5) is 4.39 Å². The molecule has 0 atom stereocenters. The van der Waals surface area contributed by atoms with E-state index in [1.54, 1.807) is 0 Å². The van der Waals surface area contributed by atoms with Crippen LogP contribution >= 0.6 is 11.3 Å². The van der Waals surface area contributed by atoms with Crippen molar-refractivity contribution in [1.29, 1.82) is 0 Å². The van der Waals surface area contributed by atoms with Crippen LogP contribution in [-0.4, -0.2) is 22.0 Å². The predicted molar refractivity (Wildman–Crippen MR) is 87.8 cm³/mol. The number of carbonyl (C=O) groups is 2. The molecule has 0 unspecified atom stereocenters. The van der Waals surface area contributed by atoms with Crippen molar-refractivity contribution in [2.75, 3.05) is 0 Å². The van der Waals surface area contributed by atoms with Gasteiger partial charge in [-0.3, -0.25) is 4.79 Å². The smallest absolute Gasteiger partial charge is 0.335 e. The van der Waals surface area contributed by atoms with Crippen LogP contribution in [0.3, 0.4) is 0 Å². The van der Waals surface area contributed by atoms with Crippen LogP contribution in [0.15, 0.2) is 23.6 Å². The minimum Gasteiger partial charge on any atom is -0.478 e. The summed E-state index contributed by atoms with van der Waals surface area (Å²) < 4.78 is 14.1. The summed E-state index contributed by atoms with van der Waals surface area (Å²) in [5.74, 6) is -2.61. The van der Waals surface area contributed by atoms with Crippen LogP contribution in [0.1, 0.15) is 57.1 Å². The number of carboxylic acid groups (broad SMARTS) is 1. The number of carboxylic acids is 1. The summed E-state index contributed by atoms with van der Waals surface area (Å²) in [6, 6.07) is 3.31. The summed E-state index contributed by atoms with van der Waals surface area (Å²) in [5.41, 5.74) is -0.00395. The zero-order valence-electron chi connectivity index (χ0n) is 13.1. The van der Waals surface area contributed by atoms with Gasteiger partial charge in [0.05, 0.1) is 16.7 Å². The number of aromatic carboxylic acids is 1. The van der Waals surface area contributed by atoms with E-state index in [1.165, 1.54) is 23.5 Å². The summed E-state index contributed by atoms with van der Waals surface area (Å²) in [6.45, 7) is 1.90. The van der Waals surface area contributed by atoms with Gasteiger partial charge in [0.2, 0.25) is 0 Å². The van der Waals surface area contributed by atoms with Gasteiger partial charge in [0.15, 0.2) is 0 Å². The van der Waals surface area contributed by atoms with Gasteiger partial charge in [-0.15, -0.1) is 11.3 Å². The molecular weight excluding hydrogens is 331 g/mol. The van der Waals surface area contributed by atoms with E-state index in [0.29, 0.717) is 0 Å². The standard InChI is InChI=1S/C17H17FN2O3S/c1-10-9-24-16(19-10)17(6-2-3-7-17)20-14(21)12-5-4-11(15(22)23)8-13(12)18/h4-5,8-9H,2-3,6-7H2,1H3,(H,20,21)(H,22,23). The van der Waals surface area contributed by atoms with E-state index in [-0.39, 0.29) is 11.1 Å². The Balaban J connectivity index is 1.88. The molecule has 1 heterocycles. The molecule has 1 aromatic heterocycles. The van der Waals surface area contributed by atoms with Crippen molar-refractivity contribution >= 4 is 23.2 Å². The van der Waals surface area contributed by atoms with Gasteiger partial charge >= 0.3 is 5.97 Å². The van der Waals surface area contributed by atoms with Crippen LogP contribution in [0, 0.1) is 12.7 Å². The molecule has 126 valence electrons. The maximum absolute atomic E-state index is 14.1. The average molecular weight is 348 g/mol. The Bertz CT molecular complexity index is 797. The molecule has 0 spiro atoms. The van der Waals surface area contributed by atoms with Gasteiger partial charge in [0, 0.05) is 11.1 Å². The largest absolute Gasteiger partial charge is 0.478 e. The molecule has 2 aromatic rings. The summed E-state index contributed by atoms with van der Waals surface area (Å²) in [6.07, 6.45) is 3.47. The second kappa shape index (κ2) is 6.32. The second-order valence-electron chi connectivity index (χ2n) is 6.04. The first-order valence-corrected chi connectivity index (χ1v) is 8.57. The summed E-state index contributed by atoms with van der Waals surface area (Å²) in [7, 11) is 0. The number of aryl methyl sites for hydroxylation is 1. The molecule has 0 saturated heterocycles. The number of aromatic nitrogens is 1. The first kappa shape index (κ1) is 16.6. The molecule has 3 rings (SSSR count). The van der Waals surface area contributed by atoms with Crippen LogP contribution in [-0.2, 0) is 5.54 Å². The van der Waals surface area contributed by atoms with Crippen molar-refractivity contribution < 1.29 is 19.1 Å². The van der Waals surface area contributed by atoms with Gasteiger partial charge < -0.3 is 10.4 Å². The zero-order valence-corrected chi connectivity index (χ0v) is 14.0. The lowest BCUT2D eigenvalue weighted by Crippen LogP contribution is -2.44. The Labute approximate surface area is 142 Å². The third-order valence-electron chi connectivity index (χ3n) is 4.30. The van der Waals surface area contributed by atoms with Crippen molar-refractivity contribution in [3.8, 4) is 0 Å². The van der Waals surface area contributed by atoms with Crippen molar-refractivity contribution in [3.05, 3.63) is 51.2 Å². The lowest BCUT2D eigenvalue weighted by molar-refractivity contribution is 0.0695. The average Bonchev–Trinajstić information content (AvgIpc) is 3.17. The van der Waals surface area contributed by atoms with E-state index in [0.717, 1.165) is 42.5 Å². The number of amides is 1. The number of benzene rings is 1. The van der Waals surface area contributed by atoms with Gasteiger partial charge in [-0.1, -0.05) is 12.8 Å². The number of thiazole rings is 1. The maximum atomic E-state index is 14.1. The summed E-state index contributed by atoms with van der Waals surface area (Å²) in [4.78, 5) is 27.9. The Hall–Kier alpha value is -2.28. The monoisotopic (exact) mass is 348 g/mol. The maximum Gasteiger partial charge on any atom is 0.335 e. The van der Waals surface area contributed by atoms with Crippen LogP contribution in [0.25, 0.3) is 0 Å². The highest BCUT2D eigenvalue weighted by Gasteiger charge is 2.40. The Morgan fingerprint density at radius 2 is 2.04 bits per heavy atom. The minimum atomic E-state index is -1.23. The predicted octanol–water partition coefficient (Wildman–Crippen LogP) is 3.49. The molecule has 1 aliphatic rings. The quantitative estimate of drug-likeness (QED) is 0.886. The van der Waals surface area contributed by atoms with E-state index < -0.39 is 23.2 Å². The van der Waals surface area contributed by atoms with E-state index in [2.05, 4.69) is 10.3 Å². The molecule has 1 amide bonds. The topological polar surface area (TPSA) is 79.3 Å². The van der Waals surface area contributed by atoms with Gasteiger partial charge in [-0.2, -0.15) is 0 Å². The number of hydrogen-bond acceptors (Lipinski definition) is 4. The van der Waals surface area contributed by atoms with E-state index in [4.69, 9.17) is 5.11 Å². The molecule has 24 heavy (non-hydrogen) atoms. The first-order chi connectivity index (χ1) is 11.4. The van der Waals surface area contributed by atoms with Crippen molar-refractivity contribution in [3.63, 3.8) is 0 Å². The molecule has 0 aliphatic heterocycles. The fourth-order valence-electron chi connectivity index (χ4n) is 3.06. The van der Waals surface area contributed by atoms with Crippen molar-refractivity contribution in [2.24, 2.45) is 0 Å². The van der Waals surface area contributed by atoms with E-state index in [9.17, 15) is 14.0 Å². The molecule has 1 aliphatic carbocycles. The van der Waals surface area contributed by atoms with Gasteiger partial charge in [0.1, 0.15) is 10.8 Å². The van der Waals surface area contributed by atoms with Crippen LogP contribution in [0.2, 0.25) is 0 Å². The minimum absolute atomic E-state index is 0.153. The fourth-order valence-corrected chi connectivity index (χ4v) is 4.07. The number of rotatable bonds is 4. The number of hydrogen-bond donors (Lipinski definition) is 2. The summed E-state index contributed by atoms with van der Waals surface area (Å²) >= 11 is 1.50. The highest BCUT2D eigenvalue weighted by atomic mass is 32.1. The van der Waals surface area contributed by atoms with Crippen LogP contribution in [0.5, 0.6) is 0 Å². The molecule has 1 aromatic carbocycles. The lowest BCUT2D eigenvalue weighted by Gasteiger charge is -2.28. The SMILES string of the molecule is Cc1csc(C2(NC(=O)c3ccc(C(=O)O)cc3F)CCCC2)n1. The molecule has 0 radical (unpaired) electrons. The fraction of sp³-hybridized carbons (Fsp3) is 0.353. The number of nitrogens with one attached hydrogen (secondary N) is 1. The highest BCUT2D eigenvalue weighted by Crippen LogP contribution is 2.40. The lowest BCUT2D eigenvalue weighted by atomic mass is 9.97. The zero-order chi connectivity index (χ0) is 17.3. The van der Waals surface area contributed by atoms with Gasteiger partial charge in [0.25, 0.3) is 5.91 Å². The third kappa shape index (κ3) is 3.03. The Kier molecular flexibility index (Phi) is 4.36. The molecule has 1 fully saturated rings. The van der Waals surface area contributed by atoms with Gasteiger partial charge in [-0.05, 0) is 38.0 Å². The number of nitrogens with zero attached hydrogens (tertiary/aromatic N) is 1. The third-order valence-corrected chi connectivity index (χ3v) is 5.46. The van der Waals surface area contributed by atoms with Gasteiger partial charge in [-0.25, -0.2) is 14.2 Å². The first-order valence-electron chi connectivity index (χ1n) is 7.69. The normalized spacial score (nSPS) is 16.1. The molecular formula is C17H17FN2O3S. The highest BCUT2D eigenvalue weighted by molar-refractivity contribution is 7.09. The van der Waals surface area contributed by atoms with E-state index in [1.807, 2.05) is 12.3 Å². The second-order valence-corrected chi connectivity index (χ2v) is 6.90. The Morgan fingerprint density at radius 1 is 1.33 bits per heavy atom. The molecule has 2 N–H and O–H groups in total. The van der Waals surface area contributed by atoms with Crippen LogP contribution < -0.4 is 5.32 Å².